The topological polar surface area (TPSA) is 64.1 Å². The van der Waals surface area contributed by atoms with Crippen molar-refractivity contribution in [3.8, 4) is 17.0 Å². The van der Waals surface area contributed by atoms with Gasteiger partial charge in [-0.25, -0.2) is 9.97 Å². The Morgan fingerprint density at radius 1 is 1.04 bits per heavy atom. The van der Waals surface area contributed by atoms with E-state index in [1.165, 1.54) is 19.8 Å². The Bertz CT molecular complexity index is 932. The maximum absolute atomic E-state index is 11.2. The minimum atomic E-state index is -0.0747. The van der Waals surface area contributed by atoms with E-state index in [0.717, 1.165) is 40.6 Å². The third-order valence-corrected chi connectivity index (χ3v) is 4.72. The second kappa shape index (κ2) is 7.12. The number of aromatic nitrogens is 2. The molecule has 0 saturated heterocycles. The molecule has 1 aliphatic carbocycles. The quantitative estimate of drug-likeness (QED) is 0.750. The monoisotopic (exact) mass is 347 g/mol. The van der Waals surface area contributed by atoms with E-state index in [0.29, 0.717) is 5.88 Å². The Balaban J connectivity index is 1.66. The molecule has 1 aliphatic rings. The fraction of sp³-hybridized carbons (Fsp3) is 0.286. The number of ether oxygens (including phenoxy) is 1. The van der Waals surface area contributed by atoms with Crippen molar-refractivity contribution in [1.82, 2.24) is 9.97 Å². The summed E-state index contributed by atoms with van der Waals surface area (Å²) in [6.45, 7) is 1.50. The van der Waals surface area contributed by atoms with Gasteiger partial charge in [-0.3, -0.25) is 4.79 Å². The molecule has 0 bridgehead atoms. The maximum atomic E-state index is 11.2. The number of anilines is 1. The van der Waals surface area contributed by atoms with Crippen molar-refractivity contribution in [3.63, 3.8) is 0 Å². The SMILES string of the molecule is CC(=O)Nc1ccc(-c2ccc3ncnc(OC4CCCC4)c3c2)cc1. The first kappa shape index (κ1) is 16.5. The van der Waals surface area contributed by atoms with Gasteiger partial charge in [0.2, 0.25) is 11.8 Å². The molecule has 1 aromatic heterocycles. The molecule has 2 aromatic carbocycles. The number of carbonyl (C=O) groups excluding carboxylic acids is 1. The zero-order valence-corrected chi connectivity index (χ0v) is 14.7. The summed E-state index contributed by atoms with van der Waals surface area (Å²) in [5.74, 6) is 0.591. The van der Waals surface area contributed by atoms with Gasteiger partial charge >= 0.3 is 0 Å². The van der Waals surface area contributed by atoms with Gasteiger partial charge in [-0.2, -0.15) is 0 Å². The lowest BCUT2D eigenvalue weighted by molar-refractivity contribution is -0.114. The number of amides is 1. The first-order valence-electron chi connectivity index (χ1n) is 8.98. The van der Waals surface area contributed by atoms with Crippen LogP contribution in [-0.2, 0) is 4.79 Å². The lowest BCUT2D eigenvalue weighted by Gasteiger charge is -2.14. The lowest BCUT2D eigenvalue weighted by Crippen LogP contribution is -2.12. The van der Waals surface area contributed by atoms with Gasteiger partial charge in [-0.05, 0) is 61.1 Å². The van der Waals surface area contributed by atoms with Crippen LogP contribution >= 0.6 is 0 Å². The summed E-state index contributed by atoms with van der Waals surface area (Å²) in [5.41, 5.74) is 3.80. The van der Waals surface area contributed by atoms with Crippen LogP contribution in [0.1, 0.15) is 32.6 Å². The number of hydrogen-bond acceptors (Lipinski definition) is 4. The number of rotatable bonds is 4. The van der Waals surface area contributed by atoms with E-state index in [4.69, 9.17) is 4.74 Å². The van der Waals surface area contributed by atoms with Crippen molar-refractivity contribution in [1.29, 1.82) is 0 Å². The summed E-state index contributed by atoms with van der Waals surface area (Å²) >= 11 is 0. The predicted octanol–water partition coefficient (Wildman–Crippen LogP) is 4.58. The van der Waals surface area contributed by atoms with Gasteiger partial charge in [0.1, 0.15) is 12.4 Å². The van der Waals surface area contributed by atoms with Crippen molar-refractivity contribution in [2.75, 3.05) is 5.32 Å². The van der Waals surface area contributed by atoms with E-state index in [2.05, 4.69) is 21.4 Å². The summed E-state index contributed by atoms with van der Waals surface area (Å²) in [6, 6.07) is 13.9. The molecule has 0 spiro atoms. The summed E-state index contributed by atoms with van der Waals surface area (Å²) in [7, 11) is 0. The Hall–Kier alpha value is -2.95. The highest BCUT2D eigenvalue weighted by molar-refractivity contribution is 5.90. The Labute approximate surface area is 152 Å². The Morgan fingerprint density at radius 2 is 1.77 bits per heavy atom. The average Bonchev–Trinajstić information content (AvgIpc) is 3.15. The molecule has 5 heteroatoms. The first-order chi connectivity index (χ1) is 12.7. The highest BCUT2D eigenvalue weighted by Gasteiger charge is 2.18. The van der Waals surface area contributed by atoms with Crippen LogP contribution in [-0.4, -0.2) is 22.0 Å². The van der Waals surface area contributed by atoms with Gasteiger partial charge in [-0.1, -0.05) is 18.2 Å². The Kier molecular flexibility index (Phi) is 4.52. The van der Waals surface area contributed by atoms with Crippen LogP contribution in [0.15, 0.2) is 48.8 Å². The molecule has 1 saturated carbocycles. The molecule has 0 aliphatic heterocycles. The largest absolute Gasteiger partial charge is 0.474 e. The van der Waals surface area contributed by atoms with Crippen LogP contribution in [0.2, 0.25) is 0 Å². The molecular formula is C21H21N3O2. The second-order valence-electron chi connectivity index (χ2n) is 6.69. The predicted molar refractivity (Wildman–Crippen MR) is 102 cm³/mol. The zero-order chi connectivity index (χ0) is 17.9. The van der Waals surface area contributed by atoms with E-state index in [-0.39, 0.29) is 12.0 Å². The van der Waals surface area contributed by atoms with Gasteiger partial charge in [-0.15, -0.1) is 0 Å². The van der Waals surface area contributed by atoms with E-state index in [9.17, 15) is 4.79 Å². The van der Waals surface area contributed by atoms with Crippen molar-refractivity contribution in [3.05, 3.63) is 48.8 Å². The molecule has 1 N–H and O–H groups in total. The standard InChI is InChI=1S/C21H21N3O2/c1-14(25)24-17-9-6-15(7-10-17)16-8-11-20-19(12-16)21(23-13-22-20)26-18-4-2-3-5-18/h6-13,18H,2-5H2,1H3,(H,24,25). The number of carbonyl (C=O) groups is 1. The number of benzene rings is 2. The van der Waals surface area contributed by atoms with Crippen molar-refractivity contribution in [2.45, 2.75) is 38.7 Å². The van der Waals surface area contributed by atoms with Crippen molar-refractivity contribution in [2.24, 2.45) is 0 Å². The average molecular weight is 347 g/mol. The number of fused-ring (bicyclic) bond motifs is 1. The van der Waals surface area contributed by atoms with Gasteiger partial charge in [0.15, 0.2) is 0 Å². The number of nitrogens with one attached hydrogen (secondary N) is 1. The fourth-order valence-corrected chi connectivity index (χ4v) is 3.42. The highest BCUT2D eigenvalue weighted by Crippen LogP contribution is 2.31. The summed E-state index contributed by atoms with van der Waals surface area (Å²) in [6.07, 6.45) is 6.45. The van der Waals surface area contributed by atoms with Crippen LogP contribution in [0, 0.1) is 0 Å². The Morgan fingerprint density at radius 3 is 2.50 bits per heavy atom. The van der Waals surface area contributed by atoms with Crippen LogP contribution in [0.4, 0.5) is 5.69 Å². The third-order valence-electron chi connectivity index (χ3n) is 4.72. The fourth-order valence-electron chi connectivity index (χ4n) is 3.42. The molecule has 4 rings (SSSR count). The molecule has 5 nitrogen and oxygen atoms in total. The highest BCUT2D eigenvalue weighted by atomic mass is 16.5. The van der Waals surface area contributed by atoms with Crippen LogP contribution in [0.5, 0.6) is 5.88 Å². The lowest BCUT2D eigenvalue weighted by atomic mass is 10.0. The van der Waals surface area contributed by atoms with E-state index in [1.807, 2.05) is 36.4 Å². The first-order valence-corrected chi connectivity index (χ1v) is 8.98. The van der Waals surface area contributed by atoms with Crippen LogP contribution in [0.25, 0.3) is 22.0 Å². The molecule has 0 atom stereocenters. The molecular weight excluding hydrogens is 326 g/mol. The van der Waals surface area contributed by atoms with Gasteiger partial charge in [0.25, 0.3) is 0 Å². The molecule has 1 amide bonds. The maximum Gasteiger partial charge on any atom is 0.224 e. The minimum Gasteiger partial charge on any atom is -0.474 e. The molecule has 0 unspecified atom stereocenters. The van der Waals surface area contributed by atoms with Crippen LogP contribution in [0.3, 0.4) is 0 Å². The van der Waals surface area contributed by atoms with Gasteiger partial charge < -0.3 is 10.1 Å². The minimum absolute atomic E-state index is 0.0747. The van der Waals surface area contributed by atoms with Gasteiger partial charge in [0.05, 0.1) is 10.9 Å². The van der Waals surface area contributed by atoms with Crippen molar-refractivity contribution >= 4 is 22.5 Å². The molecule has 3 aromatic rings. The van der Waals surface area contributed by atoms with Gasteiger partial charge in [0, 0.05) is 12.6 Å². The summed E-state index contributed by atoms with van der Waals surface area (Å²) < 4.78 is 6.14. The summed E-state index contributed by atoms with van der Waals surface area (Å²) in [5, 5.41) is 3.72. The van der Waals surface area contributed by atoms with Crippen molar-refractivity contribution < 1.29 is 9.53 Å². The summed E-state index contributed by atoms with van der Waals surface area (Å²) in [4.78, 5) is 19.9. The molecule has 1 fully saturated rings. The molecule has 1 heterocycles. The van der Waals surface area contributed by atoms with Crippen LogP contribution < -0.4 is 10.1 Å². The number of nitrogens with zero attached hydrogens (tertiary/aromatic N) is 2. The normalized spacial score (nSPS) is 14.5. The van der Waals surface area contributed by atoms with E-state index in [1.54, 1.807) is 6.33 Å². The molecule has 0 radical (unpaired) electrons. The third kappa shape index (κ3) is 3.52. The van der Waals surface area contributed by atoms with E-state index < -0.39 is 0 Å². The van der Waals surface area contributed by atoms with E-state index >= 15 is 0 Å². The molecule has 132 valence electrons. The zero-order valence-electron chi connectivity index (χ0n) is 14.7. The molecule has 26 heavy (non-hydrogen) atoms. The number of hydrogen-bond donors (Lipinski definition) is 1. The second-order valence-corrected chi connectivity index (χ2v) is 6.69. The smallest absolute Gasteiger partial charge is 0.224 e.